The van der Waals surface area contributed by atoms with Crippen molar-refractivity contribution in [1.29, 1.82) is 0 Å². The van der Waals surface area contributed by atoms with Gasteiger partial charge in [-0.25, -0.2) is 4.79 Å². The fourth-order valence-electron chi connectivity index (χ4n) is 1.43. The molecular weight excluding hydrogens is 244 g/mol. The number of alkyl halides is 1. The lowest BCUT2D eigenvalue weighted by atomic mass is 10.1. The van der Waals surface area contributed by atoms with E-state index in [4.69, 9.17) is 16.7 Å². The van der Waals surface area contributed by atoms with E-state index < -0.39 is 12.1 Å². The molecule has 0 fully saturated rings. The standard InChI is InChI=1S/C11H15ClN2O3/c1-13-10-8(11(16)17)3-2-4-9(10)14-6-7(15)5-12/h2-4,7,13-15H,5-6H2,1H3,(H,16,17). The van der Waals surface area contributed by atoms with E-state index in [9.17, 15) is 9.90 Å². The molecule has 0 heterocycles. The number of benzene rings is 1. The fraction of sp³-hybridized carbons (Fsp3) is 0.364. The first-order valence-corrected chi connectivity index (χ1v) is 5.65. The molecule has 5 nitrogen and oxygen atoms in total. The molecule has 0 amide bonds. The molecule has 4 N–H and O–H groups in total. The van der Waals surface area contributed by atoms with Crippen LogP contribution in [0.4, 0.5) is 11.4 Å². The zero-order valence-corrected chi connectivity index (χ0v) is 10.2. The molecule has 1 unspecified atom stereocenters. The van der Waals surface area contributed by atoms with Crippen LogP contribution < -0.4 is 10.6 Å². The molecular formula is C11H15ClN2O3. The highest BCUT2D eigenvalue weighted by atomic mass is 35.5. The largest absolute Gasteiger partial charge is 0.478 e. The van der Waals surface area contributed by atoms with Crippen LogP contribution in [0.5, 0.6) is 0 Å². The van der Waals surface area contributed by atoms with Gasteiger partial charge in [0, 0.05) is 13.6 Å². The van der Waals surface area contributed by atoms with Crippen molar-refractivity contribution in [1.82, 2.24) is 0 Å². The van der Waals surface area contributed by atoms with Gasteiger partial charge in [-0.05, 0) is 12.1 Å². The SMILES string of the molecule is CNc1c(NCC(O)CCl)cccc1C(=O)O. The number of para-hydroxylation sites is 1. The van der Waals surface area contributed by atoms with Crippen molar-refractivity contribution in [2.45, 2.75) is 6.10 Å². The number of aromatic carboxylic acids is 1. The Morgan fingerprint density at radius 1 is 1.53 bits per heavy atom. The van der Waals surface area contributed by atoms with Crippen LogP contribution in [0.25, 0.3) is 0 Å². The molecule has 94 valence electrons. The minimum absolute atomic E-state index is 0.126. The number of nitrogens with one attached hydrogen (secondary N) is 2. The minimum Gasteiger partial charge on any atom is -0.478 e. The van der Waals surface area contributed by atoms with Crippen LogP contribution in [0.3, 0.4) is 0 Å². The van der Waals surface area contributed by atoms with Gasteiger partial charge < -0.3 is 20.8 Å². The first kappa shape index (κ1) is 13.6. The Morgan fingerprint density at radius 3 is 2.76 bits per heavy atom. The summed E-state index contributed by atoms with van der Waals surface area (Å²) in [5.41, 5.74) is 1.29. The first-order valence-electron chi connectivity index (χ1n) is 5.12. The molecule has 0 aliphatic heterocycles. The molecule has 0 saturated carbocycles. The van der Waals surface area contributed by atoms with Crippen LogP contribution in [0.15, 0.2) is 18.2 Å². The van der Waals surface area contributed by atoms with E-state index in [1.54, 1.807) is 19.2 Å². The average molecular weight is 259 g/mol. The van der Waals surface area contributed by atoms with E-state index in [2.05, 4.69) is 10.6 Å². The van der Waals surface area contributed by atoms with Crippen molar-refractivity contribution < 1.29 is 15.0 Å². The fourth-order valence-corrected chi connectivity index (χ4v) is 1.54. The summed E-state index contributed by atoms with van der Waals surface area (Å²) < 4.78 is 0. The van der Waals surface area contributed by atoms with Gasteiger partial charge in [0.05, 0.1) is 28.9 Å². The highest BCUT2D eigenvalue weighted by Gasteiger charge is 2.13. The Kier molecular flexibility index (Phi) is 5.06. The second-order valence-electron chi connectivity index (χ2n) is 3.47. The van der Waals surface area contributed by atoms with Crippen LogP contribution in [0.2, 0.25) is 0 Å². The molecule has 0 aliphatic rings. The molecule has 17 heavy (non-hydrogen) atoms. The first-order chi connectivity index (χ1) is 8.10. The Labute approximate surface area is 104 Å². The van der Waals surface area contributed by atoms with Crippen molar-refractivity contribution in [3.8, 4) is 0 Å². The lowest BCUT2D eigenvalue weighted by molar-refractivity contribution is 0.0698. The molecule has 1 aromatic carbocycles. The zero-order chi connectivity index (χ0) is 12.8. The summed E-state index contributed by atoms with van der Waals surface area (Å²) in [6.07, 6.45) is -0.671. The second-order valence-corrected chi connectivity index (χ2v) is 3.78. The van der Waals surface area contributed by atoms with Gasteiger partial charge >= 0.3 is 5.97 Å². The Hall–Kier alpha value is -1.46. The van der Waals surface area contributed by atoms with Crippen LogP contribution in [-0.4, -0.2) is 41.8 Å². The predicted molar refractivity (Wildman–Crippen MR) is 68.2 cm³/mol. The summed E-state index contributed by atoms with van der Waals surface area (Å²) in [5, 5.41) is 24.1. The Balaban J connectivity index is 2.91. The monoisotopic (exact) mass is 258 g/mol. The van der Waals surface area contributed by atoms with Crippen LogP contribution >= 0.6 is 11.6 Å². The summed E-state index contributed by atoms with van der Waals surface area (Å²) in [5.74, 6) is -0.878. The quantitative estimate of drug-likeness (QED) is 0.581. The van der Waals surface area contributed by atoms with Gasteiger partial charge in [-0.3, -0.25) is 0 Å². The number of hydrogen-bond donors (Lipinski definition) is 4. The maximum Gasteiger partial charge on any atom is 0.337 e. The number of hydrogen-bond acceptors (Lipinski definition) is 4. The zero-order valence-electron chi connectivity index (χ0n) is 9.40. The number of aliphatic hydroxyl groups is 1. The highest BCUT2D eigenvalue weighted by molar-refractivity contribution is 6.18. The number of aliphatic hydroxyl groups excluding tert-OH is 1. The van der Waals surface area contributed by atoms with Crippen molar-refractivity contribution in [3.63, 3.8) is 0 Å². The van der Waals surface area contributed by atoms with Crippen LogP contribution in [0.1, 0.15) is 10.4 Å². The van der Waals surface area contributed by atoms with Gasteiger partial charge in [0.15, 0.2) is 0 Å². The maximum atomic E-state index is 11.0. The Bertz CT molecular complexity index is 398. The number of carboxylic acid groups (broad SMARTS) is 1. The van der Waals surface area contributed by atoms with E-state index in [1.807, 2.05) is 0 Å². The summed E-state index contributed by atoms with van der Waals surface area (Å²) in [7, 11) is 1.64. The number of carboxylic acids is 1. The van der Waals surface area contributed by atoms with Crippen LogP contribution in [-0.2, 0) is 0 Å². The number of anilines is 2. The molecule has 0 aliphatic carbocycles. The van der Waals surface area contributed by atoms with Crippen molar-refractivity contribution >= 4 is 28.9 Å². The minimum atomic E-state index is -1.00. The molecule has 0 saturated heterocycles. The van der Waals surface area contributed by atoms with E-state index in [1.165, 1.54) is 6.07 Å². The van der Waals surface area contributed by atoms with Gasteiger partial charge in [0.25, 0.3) is 0 Å². The van der Waals surface area contributed by atoms with Crippen LogP contribution in [0, 0.1) is 0 Å². The Morgan fingerprint density at radius 2 is 2.24 bits per heavy atom. The summed E-state index contributed by atoms with van der Waals surface area (Å²) >= 11 is 5.47. The van der Waals surface area contributed by atoms with E-state index in [0.29, 0.717) is 11.4 Å². The van der Waals surface area contributed by atoms with Gasteiger partial charge in [0.1, 0.15) is 0 Å². The predicted octanol–water partition coefficient (Wildman–Crippen LogP) is 1.44. The number of halogens is 1. The van der Waals surface area contributed by atoms with E-state index in [-0.39, 0.29) is 18.0 Å². The topological polar surface area (TPSA) is 81.6 Å². The molecule has 0 bridgehead atoms. The van der Waals surface area contributed by atoms with E-state index >= 15 is 0 Å². The van der Waals surface area contributed by atoms with Crippen molar-refractivity contribution in [2.75, 3.05) is 30.1 Å². The van der Waals surface area contributed by atoms with Crippen molar-refractivity contribution in [3.05, 3.63) is 23.8 Å². The third-order valence-electron chi connectivity index (χ3n) is 2.25. The second kappa shape index (κ2) is 6.32. The third kappa shape index (κ3) is 3.51. The van der Waals surface area contributed by atoms with Gasteiger partial charge in [0.2, 0.25) is 0 Å². The van der Waals surface area contributed by atoms with Gasteiger partial charge in [-0.1, -0.05) is 6.07 Å². The van der Waals surface area contributed by atoms with E-state index in [0.717, 1.165) is 0 Å². The molecule has 1 aromatic rings. The third-order valence-corrected chi connectivity index (χ3v) is 2.61. The molecule has 1 rings (SSSR count). The van der Waals surface area contributed by atoms with Crippen molar-refractivity contribution in [2.24, 2.45) is 0 Å². The van der Waals surface area contributed by atoms with Gasteiger partial charge in [-0.2, -0.15) is 0 Å². The normalized spacial score (nSPS) is 11.9. The molecule has 0 aromatic heterocycles. The lowest BCUT2D eigenvalue weighted by Gasteiger charge is -2.15. The summed E-state index contributed by atoms with van der Waals surface area (Å²) in [6, 6.07) is 4.89. The summed E-state index contributed by atoms with van der Waals surface area (Å²) in [6.45, 7) is 0.265. The molecule has 0 spiro atoms. The average Bonchev–Trinajstić information content (AvgIpc) is 2.34. The molecule has 0 radical (unpaired) electrons. The number of rotatable bonds is 6. The lowest BCUT2D eigenvalue weighted by Crippen LogP contribution is -2.21. The highest BCUT2D eigenvalue weighted by Crippen LogP contribution is 2.25. The smallest absolute Gasteiger partial charge is 0.337 e. The maximum absolute atomic E-state index is 11.0. The molecule has 1 atom stereocenters. The van der Waals surface area contributed by atoms with Gasteiger partial charge in [-0.15, -0.1) is 11.6 Å². The number of carbonyl (C=O) groups is 1. The molecule has 6 heteroatoms. The summed E-state index contributed by atoms with van der Waals surface area (Å²) in [4.78, 5) is 11.0.